The molecule has 0 aromatic rings. The summed E-state index contributed by atoms with van der Waals surface area (Å²) in [6.07, 6.45) is 3.84. The van der Waals surface area contributed by atoms with Gasteiger partial charge in [0.15, 0.2) is 12.4 Å². The summed E-state index contributed by atoms with van der Waals surface area (Å²) in [5.74, 6) is -2.36. The molecule has 0 unspecified atom stereocenters. The van der Waals surface area contributed by atoms with Crippen LogP contribution in [-0.2, 0) is 19.1 Å². The number of halogens is 3. The molecule has 0 aromatic carbocycles. The quantitative estimate of drug-likeness (QED) is 0.345. The summed E-state index contributed by atoms with van der Waals surface area (Å²) in [6, 6.07) is 0. The summed E-state index contributed by atoms with van der Waals surface area (Å²) in [4.78, 5) is 39.6. The summed E-state index contributed by atoms with van der Waals surface area (Å²) in [5.41, 5.74) is -1.32. The second-order valence-electron chi connectivity index (χ2n) is 16.2. The number of carboxylic acids is 1. The van der Waals surface area contributed by atoms with Crippen LogP contribution >= 0.6 is 0 Å². The maximum atomic E-state index is 14.4. The van der Waals surface area contributed by atoms with E-state index in [0.717, 1.165) is 37.7 Å². The van der Waals surface area contributed by atoms with E-state index in [1.165, 1.54) is 0 Å². The Balaban J connectivity index is 1.51. The second-order valence-corrected chi connectivity index (χ2v) is 16.2. The highest BCUT2D eigenvalue weighted by atomic mass is 19.4. The van der Waals surface area contributed by atoms with Gasteiger partial charge in [-0.15, -0.1) is 0 Å². The maximum Gasteiger partial charge on any atom is 0.422 e. The van der Waals surface area contributed by atoms with Gasteiger partial charge >= 0.3 is 18.1 Å². The van der Waals surface area contributed by atoms with E-state index in [1.54, 1.807) is 0 Å². The van der Waals surface area contributed by atoms with Crippen LogP contribution in [0.3, 0.4) is 0 Å². The monoisotopic (exact) mass is 580 g/mol. The fourth-order valence-electron chi connectivity index (χ4n) is 11.1. The van der Waals surface area contributed by atoms with Gasteiger partial charge in [0.05, 0.1) is 11.3 Å². The standard InChI is InChI=1S/C33H47F3O5/c1-27(2)19(25(38)41-18-33(34,35)36)8-10-30(5)23(27)9-11-32(7)24(30)22(37)16-20-21-17-29(4,26(39)40)13-12-28(21,3)14-15-31(20,32)6/h16,19,21,23-24H,8-15,17-18H2,1-7H3,(H,39,40)/t19-,21+,23+,24-,28-,29+,30+,31-,32-/m1/s1. The number of hydrogen-bond donors (Lipinski definition) is 1. The van der Waals surface area contributed by atoms with E-state index < -0.39 is 46.9 Å². The third-order valence-electron chi connectivity index (χ3n) is 13.8. The lowest BCUT2D eigenvalue weighted by Gasteiger charge is -2.70. The van der Waals surface area contributed by atoms with Crippen LogP contribution in [0.2, 0.25) is 0 Å². The van der Waals surface area contributed by atoms with Crippen LogP contribution in [0, 0.1) is 56.2 Å². The lowest BCUT2D eigenvalue weighted by atomic mass is 9.33. The van der Waals surface area contributed by atoms with Crippen molar-refractivity contribution in [2.75, 3.05) is 6.61 Å². The molecule has 0 aromatic heterocycles. The van der Waals surface area contributed by atoms with Crippen LogP contribution in [0.4, 0.5) is 13.2 Å². The van der Waals surface area contributed by atoms with Crippen LogP contribution in [0.1, 0.15) is 106 Å². The Labute approximate surface area is 242 Å². The fourth-order valence-corrected chi connectivity index (χ4v) is 11.1. The zero-order valence-corrected chi connectivity index (χ0v) is 25.7. The van der Waals surface area contributed by atoms with Crippen molar-refractivity contribution >= 4 is 17.7 Å². The van der Waals surface area contributed by atoms with Gasteiger partial charge < -0.3 is 9.84 Å². The summed E-state index contributed by atoms with van der Waals surface area (Å²) >= 11 is 0. The predicted molar refractivity (Wildman–Crippen MR) is 148 cm³/mol. The molecule has 0 aliphatic heterocycles. The van der Waals surface area contributed by atoms with Gasteiger partial charge in [-0.1, -0.05) is 47.1 Å². The van der Waals surface area contributed by atoms with Crippen molar-refractivity contribution < 1.29 is 37.4 Å². The maximum absolute atomic E-state index is 14.4. The predicted octanol–water partition coefficient (Wildman–Crippen LogP) is 7.77. The molecule has 5 nitrogen and oxygen atoms in total. The van der Waals surface area contributed by atoms with Crippen molar-refractivity contribution in [1.29, 1.82) is 0 Å². The number of carbonyl (C=O) groups is 3. The van der Waals surface area contributed by atoms with Gasteiger partial charge in [-0.25, -0.2) is 0 Å². The van der Waals surface area contributed by atoms with Gasteiger partial charge in [-0.05, 0) is 110 Å². The minimum atomic E-state index is -4.57. The molecule has 4 saturated carbocycles. The Kier molecular flexibility index (Phi) is 6.77. The molecule has 4 fully saturated rings. The average molecular weight is 581 g/mol. The summed E-state index contributed by atoms with van der Waals surface area (Å²) < 4.78 is 43.2. The van der Waals surface area contributed by atoms with Gasteiger partial charge in [0.25, 0.3) is 0 Å². The third kappa shape index (κ3) is 4.26. The Bertz CT molecular complexity index is 1190. The van der Waals surface area contributed by atoms with Gasteiger partial charge in [0.2, 0.25) is 0 Å². The molecule has 0 amide bonds. The first-order valence-electron chi connectivity index (χ1n) is 15.4. The molecule has 0 heterocycles. The molecule has 41 heavy (non-hydrogen) atoms. The molecule has 0 radical (unpaired) electrons. The molecule has 1 N–H and O–H groups in total. The number of ketones is 1. The average Bonchev–Trinajstić information content (AvgIpc) is 2.84. The number of ether oxygens (including phenoxy) is 1. The normalized spacial score (nSPS) is 47.2. The molecule has 5 rings (SSSR count). The van der Waals surface area contributed by atoms with Crippen molar-refractivity contribution in [2.24, 2.45) is 56.2 Å². The molecule has 5 aliphatic rings. The molecule has 9 atom stereocenters. The van der Waals surface area contributed by atoms with E-state index in [1.807, 2.05) is 26.8 Å². The molecule has 0 spiro atoms. The number of alkyl halides is 3. The van der Waals surface area contributed by atoms with E-state index >= 15 is 0 Å². The third-order valence-corrected chi connectivity index (χ3v) is 13.8. The van der Waals surface area contributed by atoms with E-state index in [-0.39, 0.29) is 39.8 Å². The first-order valence-corrected chi connectivity index (χ1v) is 15.4. The van der Waals surface area contributed by atoms with Gasteiger partial charge in [-0.3, -0.25) is 14.4 Å². The second kappa shape index (κ2) is 9.07. The number of allylic oxidation sites excluding steroid dienone is 2. The lowest BCUT2D eigenvalue weighted by Crippen LogP contribution is -2.66. The van der Waals surface area contributed by atoms with Crippen molar-refractivity contribution in [3.63, 3.8) is 0 Å². The summed E-state index contributed by atoms with van der Waals surface area (Å²) in [6.45, 7) is 13.2. The molecule has 8 heteroatoms. The first kappa shape index (κ1) is 30.6. The Morgan fingerprint density at radius 3 is 2.20 bits per heavy atom. The lowest BCUT2D eigenvalue weighted by molar-refractivity contribution is -0.210. The largest absolute Gasteiger partial charge is 0.481 e. The van der Waals surface area contributed by atoms with Gasteiger partial charge in [-0.2, -0.15) is 13.2 Å². The van der Waals surface area contributed by atoms with E-state index in [4.69, 9.17) is 4.74 Å². The highest BCUT2D eigenvalue weighted by Gasteiger charge is 2.70. The summed E-state index contributed by atoms with van der Waals surface area (Å²) in [7, 11) is 0. The topological polar surface area (TPSA) is 80.7 Å². The molecular formula is C33H47F3O5. The minimum absolute atomic E-state index is 0.0217. The molecule has 0 saturated heterocycles. The van der Waals surface area contributed by atoms with Crippen molar-refractivity contribution in [3.05, 3.63) is 11.6 Å². The molecule has 230 valence electrons. The highest BCUT2D eigenvalue weighted by Crippen LogP contribution is 2.75. The number of rotatable bonds is 3. The smallest absolute Gasteiger partial charge is 0.422 e. The Morgan fingerprint density at radius 2 is 1.59 bits per heavy atom. The van der Waals surface area contributed by atoms with Crippen molar-refractivity contribution in [3.8, 4) is 0 Å². The zero-order chi connectivity index (χ0) is 30.6. The zero-order valence-electron chi connectivity index (χ0n) is 25.7. The number of fused-ring (bicyclic) bond motifs is 7. The van der Waals surface area contributed by atoms with Gasteiger partial charge in [0.1, 0.15) is 0 Å². The first-order chi connectivity index (χ1) is 18.6. The highest BCUT2D eigenvalue weighted by molar-refractivity contribution is 5.95. The Hall–Kier alpha value is -1.86. The number of carbonyl (C=O) groups excluding carboxylic acids is 2. The summed E-state index contributed by atoms with van der Waals surface area (Å²) in [5, 5.41) is 10.1. The molecule has 0 bridgehead atoms. The van der Waals surface area contributed by atoms with E-state index in [9.17, 15) is 32.7 Å². The van der Waals surface area contributed by atoms with Crippen LogP contribution in [0.25, 0.3) is 0 Å². The molecule has 5 aliphatic carbocycles. The van der Waals surface area contributed by atoms with Crippen molar-refractivity contribution in [2.45, 2.75) is 112 Å². The number of aliphatic carboxylic acids is 1. The number of hydrogen-bond acceptors (Lipinski definition) is 4. The van der Waals surface area contributed by atoms with Crippen LogP contribution in [-0.4, -0.2) is 35.6 Å². The number of carboxylic acid groups (broad SMARTS) is 1. The van der Waals surface area contributed by atoms with Crippen molar-refractivity contribution in [1.82, 2.24) is 0 Å². The fraction of sp³-hybridized carbons (Fsp3) is 0.848. The van der Waals surface area contributed by atoms with E-state index in [0.29, 0.717) is 25.7 Å². The van der Waals surface area contributed by atoms with Crippen LogP contribution < -0.4 is 0 Å². The van der Waals surface area contributed by atoms with Crippen LogP contribution in [0.15, 0.2) is 11.6 Å². The van der Waals surface area contributed by atoms with Crippen LogP contribution in [0.5, 0.6) is 0 Å². The number of esters is 1. The van der Waals surface area contributed by atoms with Gasteiger partial charge in [0, 0.05) is 5.92 Å². The SMILES string of the molecule is CC1(C)[C@@H](C(=O)OCC(F)(F)F)CC[C@]2(C)[C@H]3C(=O)C=C4[C@@H]5C[C@@](C)(C(=O)O)CC[C@]5(C)CC[C@@]4(C)[C@]3(C)CC[C@@H]12. The minimum Gasteiger partial charge on any atom is -0.481 e. The molecular weight excluding hydrogens is 533 g/mol. The van der Waals surface area contributed by atoms with E-state index in [2.05, 4.69) is 27.7 Å². The Morgan fingerprint density at radius 1 is 0.951 bits per heavy atom.